The number of amides is 1. The fraction of sp³-hybridized carbons (Fsp3) is 0.0769. The molecular formula is C13H10BClFN3O2. The maximum atomic E-state index is 14.1. The third-order valence-corrected chi connectivity index (χ3v) is 3.15. The standard InChI is InChI=1S/C13H10BClFN3O2/c1-19-5-7(12(17)20)11(10(16)13(19)21)18-9-3-2-6(14)4-8(9)15/h2-5,18H,1H3,(H2,17,20). The Balaban J connectivity index is 2.60. The topological polar surface area (TPSA) is 77.1 Å². The molecule has 2 rings (SSSR count). The second-order valence-corrected chi connectivity index (χ2v) is 4.78. The molecule has 3 N–H and O–H groups in total. The van der Waals surface area contributed by atoms with Crippen molar-refractivity contribution in [2.75, 3.05) is 5.32 Å². The molecule has 0 atom stereocenters. The van der Waals surface area contributed by atoms with E-state index in [1.54, 1.807) is 0 Å². The molecule has 0 fully saturated rings. The van der Waals surface area contributed by atoms with Crippen LogP contribution < -0.4 is 22.1 Å². The second kappa shape index (κ2) is 5.61. The van der Waals surface area contributed by atoms with Crippen LogP contribution in [0.4, 0.5) is 15.8 Å². The quantitative estimate of drug-likeness (QED) is 0.824. The van der Waals surface area contributed by atoms with Crippen LogP contribution in [0, 0.1) is 5.82 Å². The summed E-state index contributed by atoms with van der Waals surface area (Å²) in [4.78, 5) is 23.1. The average molecular weight is 306 g/mol. The molecule has 0 aliphatic rings. The average Bonchev–Trinajstić information content (AvgIpc) is 2.41. The number of halogens is 2. The SMILES string of the molecule is [B]c1ccc(Nc2c(C(N)=O)cn(C)c(=O)c2F)c(Cl)c1. The van der Waals surface area contributed by atoms with Crippen molar-refractivity contribution in [3.05, 3.63) is 51.2 Å². The number of nitrogens with two attached hydrogens (primary N) is 1. The zero-order chi connectivity index (χ0) is 15.7. The van der Waals surface area contributed by atoms with Gasteiger partial charge in [-0.05, 0) is 12.1 Å². The molecule has 21 heavy (non-hydrogen) atoms. The third kappa shape index (κ3) is 2.92. The van der Waals surface area contributed by atoms with Crippen LogP contribution in [0.15, 0.2) is 29.2 Å². The van der Waals surface area contributed by atoms with E-state index in [1.807, 2.05) is 0 Å². The molecule has 1 heterocycles. The minimum Gasteiger partial charge on any atom is -0.365 e. The molecule has 0 saturated heterocycles. The summed E-state index contributed by atoms with van der Waals surface area (Å²) in [5.41, 5.74) is 4.54. The Morgan fingerprint density at radius 1 is 1.48 bits per heavy atom. The minimum atomic E-state index is -1.12. The lowest BCUT2D eigenvalue weighted by Gasteiger charge is -2.14. The van der Waals surface area contributed by atoms with Crippen LogP contribution >= 0.6 is 11.6 Å². The van der Waals surface area contributed by atoms with E-state index in [2.05, 4.69) is 5.32 Å². The highest BCUT2D eigenvalue weighted by molar-refractivity contribution is 6.37. The number of nitrogens with one attached hydrogen (secondary N) is 1. The molecule has 2 aromatic rings. The zero-order valence-electron chi connectivity index (χ0n) is 11.0. The molecule has 8 heteroatoms. The fourth-order valence-corrected chi connectivity index (χ4v) is 2.01. The summed E-state index contributed by atoms with van der Waals surface area (Å²) in [6.45, 7) is 0. The Morgan fingerprint density at radius 2 is 2.14 bits per heavy atom. The highest BCUT2D eigenvalue weighted by Gasteiger charge is 2.19. The smallest absolute Gasteiger partial charge is 0.288 e. The van der Waals surface area contributed by atoms with Crippen molar-refractivity contribution in [1.82, 2.24) is 4.57 Å². The van der Waals surface area contributed by atoms with Gasteiger partial charge in [0.2, 0.25) is 5.82 Å². The van der Waals surface area contributed by atoms with Gasteiger partial charge < -0.3 is 15.6 Å². The Labute approximate surface area is 125 Å². The Hall–Kier alpha value is -2.28. The lowest BCUT2D eigenvalue weighted by atomic mass is 9.96. The van der Waals surface area contributed by atoms with E-state index in [9.17, 15) is 14.0 Å². The fourth-order valence-electron chi connectivity index (χ4n) is 1.77. The number of benzene rings is 1. The lowest BCUT2D eigenvalue weighted by Crippen LogP contribution is -2.26. The van der Waals surface area contributed by atoms with Crippen molar-refractivity contribution >= 4 is 42.2 Å². The van der Waals surface area contributed by atoms with Gasteiger partial charge in [-0.25, -0.2) is 0 Å². The maximum absolute atomic E-state index is 14.1. The van der Waals surface area contributed by atoms with Crippen molar-refractivity contribution in [2.24, 2.45) is 12.8 Å². The first-order valence-corrected chi connectivity index (χ1v) is 6.20. The van der Waals surface area contributed by atoms with Crippen LogP contribution in [0.3, 0.4) is 0 Å². The summed E-state index contributed by atoms with van der Waals surface area (Å²) in [5, 5.41) is 2.82. The van der Waals surface area contributed by atoms with Crippen molar-refractivity contribution in [3.63, 3.8) is 0 Å². The van der Waals surface area contributed by atoms with Gasteiger partial charge in [0, 0.05) is 13.2 Å². The van der Waals surface area contributed by atoms with Crippen LogP contribution in [0.25, 0.3) is 0 Å². The molecule has 0 bridgehead atoms. The number of aromatic nitrogens is 1. The molecule has 1 aromatic carbocycles. The van der Waals surface area contributed by atoms with Gasteiger partial charge in [0.1, 0.15) is 7.85 Å². The van der Waals surface area contributed by atoms with Crippen molar-refractivity contribution in [2.45, 2.75) is 0 Å². The van der Waals surface area contributed by atoms with Crippen molar-refractivity contribution < 1.29 is 9.18 Å². The van der Waals surface area contributed by atoms with E-state index in [0.29, 0.717) is 11.2 Å². The second-order valence-electron chi connectivity index (χ2n) is 4.38. The summed E-state index contributed by atoms with van der Waals surface area (Å²) in [6.07, 6.45) is 1.15. The number of nitrogens with zero attached hydrogens (tertiary/aromatic N) is 1. The van der Waals surface area contributed by atoms with Gasteiger partial charge in [0.15, 0.2) is 0 Å². The first-order valence-electron chi connectivity index (χ1n) is 5.82. The summed E-state index contributed by atoms with van der Waals surface area (Å²) in [5.74, 6) is -2.00. The van der Waals surface area contributed by atoms with Crippen LogP contribution in [0.2, 0.25) is 5.02 Å². The number of rotatable bonds is 3. The van der Waals surface area contributed by atoms with Gasteiger partial charge in [-0.1, -0.05) is 23.1 Å². The minimum absolute atomic E-state index is 0.164. The molecular weight excluding hydrogens is 295 g/mol. The largest absolute Gasteiger partial charge is 0.365 e. The van der Waals surface area contributed by atoms with E-state index >= 15 is 0 Å². The predicted octanol–water partition coefficient (Wildman–Crippen LogP) is 0.814. The Morgan fingerprint density at radius 3 is 2.71 bits per heavy atom. The van der Waals surface area contributed by atoms with E-state index in [0.717, 1.165) is 10.8 Å². The molecule has 106 valence electrons. The van der Waals surface area contributed by atoms with E-state index in [4.69, 9.17) is 25.2 Å². The van der Waals surface area contributed by atoms with Crippen LogP contribution in [0.1, 0.15) is 10.4 Å². The number of carbonyl (C=O) groups is 1. The monoisotopic (exact) mass is 305 g/mol. The molecule has 2 radical (unpaired) electrons. The maximum Gasteiger partial charge on any atom is 0.288 e. The summed E-state index contributed by atoms with van der Waals surface area (Å²) in [6, 6.07) is 4.49. The normalized spacial score (nSPS) is 10.4. The van der Waals surface area contributed by atoms with Gasteiger partial charge in [-0.15, -0.1) is 0 Å². The molecule has 0 spiro atoms. The zero-order valence-corrected chi connectivity index (χ0v) is 11.7. The number of hydrogen-bond acceptors (Lipinski definition) is 3. The van der Waals surface area contributed by atoms with Crippen molar-refractivity contribution in [1.29, 1.82) is 0 Å². The summed E-state index contributed by atoms with van der Waals surface area (Å²) < 4.78 is 15.0. The highest BCUT2D eigenvalue weighted by Crippen LogP contribution is 2.27. The first-order chi connectivity index (χ1) is 9.81. The van der Waals surface area contributed by atoms with Gasteiger partial charge in [-0.3, -0.25) is 9.59 Å². The number of anilines is 2. The number of hydrogen-bond donors (Lipinski definition) is 2. The molecule has 5 nitrogen and oxygen atoms in total. The van der Waals surface area contributed by atoms with E-state index in [1.165, 1.54) is 25.2 Å². The van der Waals surface area contributed by atoms with Gasteiger partial charge >= 0.3 is 0 Å². The molecule has 0 unspecified atom stereocenters. The molecule has 0 saturated carbocycles. The number of aryl methyl sites for hydroxylation is 1. The third-order valence-electron chi connectivity index (χ3n) is 2.84. The highest BCUT2D eigenvalue weighted by atomic mass is 35.5. The van der Waals surface area contributed by atoms with Crippen LogP contribution in [-0.2, 0) is 7.05 Å². The predicted molar refractivity (Wildman–Crippen MR) is 80.3 cm³/mol. The molecule has 1 aromatic heterocycles. The number of carbonyl (C=O) groups excluding carboxylic acids is 1. The molecule has 1 amide bonds. The van der Waals surface area contributed by atoms with Crippen molar-refractivity contribution in [3.8, 4) is 0 Å². The Kier molecular flexibility index (Phi) is 4.04. The first kappa shape index (κ1) is 15.1. The van der Waals surface area contributed by atoms with Gasteiger partial charge in [0.25, 0.3) is 11.5 Å². The summed E-state index contributed by atoms with van der Waals surface area (Å²) >= 11 is 5.97. The van der Waals surface area contributed by atoms with E-state index < -0.39 is 17.3 Å². The van der Waals surface area contributed by atoms with Crippen LogP contribution in [0.5, 0.6) is 0 Å². The Bertz CT molecular complexity index is 792. The van der Waals surface area contributed by atoms with Crippen LogP contribution in [-0.4, -0.2) is 18.3 Å². The lowest BCUT2D eigenvalue weighted by molar-refractivity contribution is 0.1000. The number of primary amides is 1. The molecule has 0 aliphatic carbocycles. The summed E-state index contributed by atoms with van der Waals surface area (Å²) in [7, 11) is 6.88. The number of pyridine rings is 1. The molecule has 0 aliphatic heterocycles. The van der Waals surface area contributed by atoms with Gasteiger partial charge in [0.05, 0.1) is 22.0 Å². The van der Waals surface area contributed by atoms with Gasteiger partial charge in [-0.2, -0.15) is 4.39 Å². The van der Waals surface area contributed by atoms with E-state index in [-0.39, 0.29) is 16.3 Å².